The smallest absolute Gasteiger partial charge is 0.257 e. The van der Waals surface area contributed by atoms with Crippen molar-refractivity contribution in [1.82, 2.24) is 4.90 Å². The number of carbonyl (C=O) groups is 1. The van der Waals surface area contributed by atoms with Crippen LogP contribution in [0.4, 0.5) is 10.1 Å². The van der Waals surface area contributed by atoms with E-state index in [-0.39, 0.29) is 30.7 Å². The van der Waals surface area contributed by atoms with Crippen molar-refractivity contribution in [2.75, 3.05) is 18.9 Å². The number of amides is 1. The van der Waals surface area contributed by atoms with E-state index in [0.29, 0.717) is 11.3 Å². The van der Waals surface area contributed by atoms with Gasteiger partial charge >= 0.3 is 0 Å². The molecule has 1 aromatic rings. The van der Waals surface area contributed by atoms with Gasteiger partial charge in [-0.2, -0.15) is 0 Å². The number of rotatable bonds is 4. The Morgan fingerprint density at radius 2 is 2.10 bits per heavy atom. The van der Waals surface area contributed by atoms with Crippen LogP contribution >= 0.6 is 0 Å². The molecule has 5 heteroatoms. The highest BCUT2D eigenvalue weighted by molar-refractivity contribution is 5.95. The molecule has 4 nitrogen and oxygen atoms in total. The number of nitrogens with two attached hydrogens (primary N) is 1. The van der Waals surface area contributed by atoms with Crippen molar-refractivity contribution < 1.29 is 14.3 Å². The maximum Gasteiger partial charge on any atom is 0.257 e. The number of halogens is 1. The molecular weight excluding hydrogens is 259 g/mol. The highest BCUT2D eigenvalue weighted by atomic mass is 19.1. The van der Waals surface area contributed by atoms with Crippen LogP contribution < -0.4 is 5.73 Å². The van der Waals surface area contributed by atoms with Crippen molar-refractivity contribution in [1.29, 1.82) is 0 Å². The molecule has 3 N–H and O–H groups in total. The van der Waals surface area contributed by atoms with E-state index in [0.717, 1.165) is 25.7 Å². The summed E-state index contributed by atoms with van der Waals surface area (Å²) in [6.07, 6.45) is 3.96. The number of aryl methyl sites for hydroxylation is 1. The molecule has 0 aliphatic heterocycles. The first-order valence-electron chi connectivity index (χ1n) is 7.02. The van der Waals surface area contributed by atoms with Gasteiger partial charge in [-0.25, -0.2) is 4.39 Å². The minimum atomic E-state index is -0.523. The van der Waals surface area contributed by atoms with E-state index in [9.17, 15) is 9.18 Å². The molecule has 0 atom stereocenters. The molecule has 0 spiro atoms. The van der Waals surface area contributed by atoms with E-state index >= 15 is 0 Å². The zero-order valence-corrected chi connectivity index (χ0v) is 11.7. The van der Waals surface area contributed by atoms with E-state index in [4.69, 9.17) is 10.8 Å². The monoisotopic (exact) mass is 280 g/mol. The van der Waals surface area contributed by atoms with Crippen molar-refractivity contribution in [3.63, 3.8) is 0 Å². The molecule has 1 amide bonds. The zero-order chi connectivity index (χ0) is 14.7. The molecule has 20 heavy (non-hydrogen) atoms. The third-order valence-corrected chi connectivity index (χ3v) is 3.87. The first-order valence-corrected chi connectivity index (χ1v) is 7.02. The van der Waals surface area contributed by atoms with Crippen LogP contribution in [0, 0.1) is 12.7 Å². The van der Waals surface area contributed by atoms with Gasteiger partial charge in [-0.05, 0) is 37.5 Å². The van der Waals surface area contributed by atoms with Crippen molar-refractivity contribution in [2.24, 2.45) is 0 Å². The molecule has 1 aliphatic carbocycles. The van der Waals surface area contributed by atoms with E-state index in [1.165, 1.54) is 12.1 Å². The second-order valence-electron chi connectivity index (χ2n) is 5.36. The summed E-state index contributed by atoms with van der Waals surface area (Å²) in [4.78, 5) is 14.2. The van der Waals surface area contributed by atoms with E-state index in [1.54, 1.807) is 11.8 Å². The average Bonchev–Trinajstić information content (AvgIpc) is 2.93. The van der Waals surface area contributed by atoms with Gasteiger partial charge in [0.15, 0.2) is 0 Å². The summed E-state index contributed by atoms with van der Waals surface area (Å²) in [6.45, 7) is 1.70. The topological polar surface area (TPSA) is 66.6 Å². The van der Waals surface area contributed by atoms with Crippen molar-refractivity contribution in [3.05, 3.63) is 29.1 Å². The number of nitrogens with zero attached hydrogens (tertiary/aromatic N) is 1. The summed E-state index contributed by atoms with van der Waals surface area (Å²) >= 11 is 0. The molecule has 1 aromatic carbocycles. The first-order chi connectivity index (χ1) is 9.54. The number of hydrogen-bond donors (Lipinski definition) is 2. The summed E-state index contributed by atoms with van der Waals surface area (Å²) in [5.74, 6) is -0.899. The number of anilines is 1. The lowest BCUT2D eigenvalue weighted by molar-refractivity contribution is 0.0633. The van der Waals surface area contributed by atoms with Crippen LogP contribution in [0.3, 0.4) is 0 Å². The summed E-state index contributed by atoms with van der Waals surface area (Å²) < 4.78 is 14.2. The van der Waals surface area contributed by atoms with Crippen LogP contribution in [0.15, 0.2) is 12.1 Å². The van der Waals surface area contributed by atoms with Crippen molar-refractivity contribution >= 4 is 11.6 Å². The Hall–Kier alpha value is -1.62. The third kappa shape index (κ3) is 2.93. The molecule has 0 aromatic heterocycles. The number of carbonyl (C=O) groups excluding carboxylic acids is 1. The lowest BCUT2D eigenvalue weighted by atomic mass is 10.1. The largest absolute Gasteiger partial charge is 0.399 e. The van der Waals surface area contributed by atoms with Crippen LogP contribution in [0.1, 0.15) is 41.6 Å². The molecule has 1 saturated carbocycles. The standard InChI is InChI=1S/C15H21FN2O2/c1-10-8-11(17)9-13(14(10)16)15(20)18(6-7-19)12-4-2-3-5-12/h8-9,12,19H,2-7,17H2,1H3. The van der Waals surface area contributed by atoms with Gasteiger partial charge in [0.2, 0.25) is 0 Å². The molecule has 1 aliphatic rings. The second-order valence-corrected chi connectivity index (χ2v) is 5.36. The Morgan fingerprint density at radius 3 is 2.70 bits per heavy atom. The molecule has 0 unspecified atom stereocenters. The molecule has 1 fully saturated rings. The predicted octanol–water partition coefficient (Wildman–Crippen LogP) is 2.09. The maximum atomic E-state index is 14.2. The van der Waals surface area contributed by atoms with Crippen molar-refractivity contribution in [2.45, 2.75) is 38.6 Å². The number of benzene rings is 1. The molecule has 0 saturated heterocycles. The lowest BCUT2D eigenvalue weighted by Crippen LogP contribution is -2.41. The normalized spacial score (nSPS) is 15.6. The Balaban J connectivity index is 2.31. The van der Waals surface area contributed by atoms with E-state index in [2.05, 4.69) is 0 Å². The maximum absolute atomic E-state index is 14.2. The highest BCUT2D eigenvalue weighted by Crippen LogP contribution is 2.26. The molecule has 0 heterocycles. The van der Waals surface area contributed by atoms with E-state index in [1.807, 2.05) is 0 Å². The predicted molar refractivity (Wildman–Crippen MR) is 75.9 cm³/mol. The lowest BCUT2D eigenvalue weighted by Gasteiger charge is -2.28. The third-order valence-electron chi connectivity index (χ3n) is 3.87. The molecule has 110 valence electrons. The van der Waals surface area contributed by atoms with Crippen LogP contribution in [-0.4, -0.2) is 35.1 Å². The van der Waals surface area contributed by atoms with Crippen molar-refractivity contribution in [3.8, 4) is 0 Å². The second kappa shape index (κ2) is 6.22. The highest BCUT2D eigenvalue weighted by Gasteiger charge is 2.29. The number of aliphatic hydroxyl groups is 1. The number of hydrogen-bond acceptors (Lipinski definition) is 3. The first kappa shape index (κ1) is 14.8. The van der Waals surface area contributed by atoms with Gasteiger partial charge in [0.25, 0.3) is 5.91 Å². The van der Waals surface area contributed by atoms with E-state index < -0.39 is 5.82 Å². The SMILES string of the molecule is Cc1cc(N)cc(C(=O)N(CCO)C2CCCC2)c1F. The minimum Gasteiger partial charge on any atom is -0.399 e. The summed E-state index contributed by atoms with van der Waals surface area (Å²) in [5, 5.41) is 9.16. The Bertz CT molecular complexity index is 499. The van der Waals surface area contributed by atoms with Gasteiger partial charge in [0, 0.05) is 18.3 Å². The van der Waals surface area contributed by atoms with Crippen LogP contribution in [0.2, 0.25) is 0 Å². The summed E-state index contributed by atoms with van der Waals surface area (Å²) in [6, 6.07) is 2.98. The fourth-order valence-electron chi connectivity index (χ4n) is 2.88. The summed E-state index contributed by atoms with van der Waals surface area (Å²) in [7, 11) is 0. The van der Waals surface area contributed by atoms with Crippen LogP contribution in [0.25, 0.3) is 0 Å². The fraction of sp³-hybridized carbons (Fsp3) is 0.533. The molecule has 0 bridgehead atoms. The van der Waals surface area contributed by atoms with Gasteiger partial charge in [-0.3, -0.25) is 4.79 Å². The minimum absolute atomic E-state index is 0.00264. The van der Waals surface area contributed by atoms with Crippen LogP contribution in [0.5, 0.6) is 0 Å². The van der Waals surface area contributed by atoms with Gasteiger partial charge < -0.3 is 15.7 Å². The number of nitrogen functional groups attached to an aromatic ring is 1. The Labute approximate surface area is 118 Å². The Morgan fingerprint density at radius 1 is 1.45 bits per heavy atom. The molecular formula is C15H21FN2O2. The Kier molecular flexibility index (Phi) is 4.60. The average molecular weight is 280 g/mol. The van der Waals surface area contributed by atoms with Gasteiger partial charge in [0.1, 0.15) is 5.82 Å². The zero-order valence-electron chi connectivity index (χ0n) is 11.7. The number of aliphatic hydroxyl groups excluding tert-OH is 1. The molecule has 2 rings (SSSR count). The summed E-state index contributed by atoms with van der Waals surface area (Å²) in [5.41, 5.74) is 6.45. The van der Waals surface area contributed by atoms with Gasteiger partial charge in [-0.15, -0.1) is 0 Å². The van der Waals surface area contributed by atoms with Crippen LogP contribution in [-0.2, 0) is 0 Å². The van der Waals surface area contributed by atoms with Gasteiger partial charge in [0.05, 0.1) is 12.2 Å². The van der Waals surface area contributed by atoms with Gasteiger partial charge in [-0.1, -0.05) is 12.8 Å². The quantitative estimate of drug-likeness (QED) is 0.830. The fourth-order valence-corrected chi connectivity index (χ4v) is 2.88. The molecule has 0 radical (unpaired) electrons.